The number of carbonyl (C=O) groups excluding carboxylic acids is 1. The first kappa shape index (κ1) is 17.3. The molecule has 0 aliphatic rings. The van der Waals surface area contributed by atoms with Crippen LogP contribution in [0.3, 0.4) is 0 Å². The van der Waals surface area contributed by atoms with Crippen LogP contribution in [0.1, 0.15) is 27.4 Å². The summed E-state index contributed by atoms with van der Waals surface area (Å²) in [6, 6.07) is 5.56. The largest absolute Gasteiger partial charge is 0.345 e. The Bertz CT molecular complexity index is 918. The SMILES string of the molecule is Cc1cnc(C(=O)NCc2ccc(Br)cn2)cc1-c1cnn(C)c1C. The summed E-state index contributed by atoms with van der Waals surface area (Å²) in [5.74, 6) is -0.229. The lowest BCUT2D eigenvalue weighted by molar-refractivity contribution is 0.0945. The fraction of sp³-hybridized carbons (Fsp3) is 0.222. The number of aromatic nitrogens is 4. The van der Waals surface area contributed by atoms with Crippen molar-refractivity contribution >= 4 is 21.8 Å². The maximum absolute atomic E-state index is 12.4. The van der Waals surface area contributed by atoms with Crippen LogP contribution in [-0.4, -0.2) is 25.7 Å². The molecular formula is C18H18BrN5O. The normalized spacial score (nSPS) is 10.7. The molecule has 1 amide bonds. The van der Waals surface area contributed by atoms with Gasteiger partial charge in [0.1, 0.15) is 5.69 Å². The van der Waals surface area contributed by atoms with E-state index in [1.807, 2.05) is 50.0 Å². The van der Waals surface area contributed by atoms with Gasteiger partial charge in [0, 0.05) is 35.2 Å². The third-order valence-corrected chi connectivity index (χ3v) is 4.55. The standard InChI is InChI=1S/C18H18BrN5O/c1-11-7-21-17(6-15(11)16-10-23-24(3)12(16)2)18(25)22-9-14-5-4-13(19)8-20-14/h4-8,10H,9H2,1-3H3,(H,22,25). The lowest BCUT2D eigenvalue weighted by Gasteiger charge is -2.09. The predicted molar refractivity (Wildman–Crippen MR) is 99.0 cm³/mol. The number of rotatable bonds is 4. The molecule has 7 heteroatoms. The lowest BCUT2D eigenvalue weighted by Crippen LogP contribution is -2.24. The van der Waals surface area contributed by atoms with Crippen molar-refractivity contribution in [3.8, 4) is 11.1 Å². The Morgan fingerprint density at radius 1 is 1.16 bits per heavy atom. The van der Waals surface area contributed by atoms with Crippen molar-refractivity contribution in [2.45, 2.75) is 20.4 Å². The Hall–Kier alpha value is -2.54. The Morgan fingerprint density at radius 3 is 2.60 bits per heavy atom. The van der Waals surface area contributed by atoms with E-state index in [0.29, 0.717) is 12.2 Å². The van der Waals surface area contributed by atoms with Crippen LogP contribution in [0.4, 0.5) is 0 Å². The van der Waals surface area contributed by atoms with E-state index in [9.17, 15) is 4.79 Å². The molecule has 0 radical (unpaired) electrons. The van der Waals surface area contributed by atoms with Crippen LogP contribution in [0.25, 0.3) is 11.1 Å². The maximum atomic E-state index is 12.4. The summed E-state index contributed by atoms with van der Waals surface area (Å²) >= 11 is 3.34. The highest BCUT2D eigenvalue weighted by Gasteiger charge is 2.14. The van der Waals surface area contributed by atoms with Gasteiger partial charge in [-0.1, -0.05) is 0 Å². The van der Waals surface area contributed by atoms with Crippen molar-refractivity contribution in [1.82, 2.24) is 25.1 Å². The molecule has 3 aromatic rings. The van der Waals surface area contributed by atoms with Crippen molar-refractivity contribution in [3.63, 3.8) is 0 Å². The summed E-state index contributed by atoms with van der Waals surface area (Å²) in [5.41, 5.74) is 5.17. The van der Waals surface area contributed by atoms with Gasteiger partial charge in [0.05, 0.1) is 18.4 Å². The fourth-order valence-electron chi connectivity index (χ4n) is 2.47. The second-order valence-electron chi connectivity index (χ2n) is 5.80. The zero-order chi connectivity index (χ0) is 18.0. The summed E-state index contributed by atoms with van der Waals surface area (Å²) in [7, 11) is 1.90. The van der Waals surface area contributed by atoms with Gasteiger partial charge in [-0.2, -0.15) is 5.10 Å². The molecule has 0 aliphatic carbocycles. The summed E-state index contributed by atoms with van der Waals surface area (Å²) in [6.45, 7) is 4.33. The average Bonchev–Trinajstić information content (AvgIpc) is 2.94. The number of carbonyl (C=O) groups is 1. The number of halogens is 1. The predicted octanol–water partition coefficient (Wildman–Crippen LogP) is 3.19. The van der Waals surface area contributed by atoms with Crippen LogP contribution in [0.5, 0.6) is 0 Å². The number of pyridine rings is 2. The average molecular weight is 400 g/mol. The van der Waals surface area contributed by atoms with Gasteiger partial charge in [0.15, 0.2) is 0 Å². The van der Waals surface area contributed by atoms with E-state index in [2.05, 4.69) is 36.3 Å². The molecule has 0 saturated carbocycles. The van der Waals surface area contributed by atoms with Crippen molar-refractivity contribution in [1.29, 1.82) is 0 Å². The van der Waals surface area contributed by atoms with Crippen molar-refractivity contribution < 1.29 is 4.79 Å². The smallest absolute Gasteiger partial charge is 0.270 e. The molecule has 0 bridgehead atoms. The van der Waals surface area contributed by atoms with E-state index in [1.54, 1.807) is 12.4 Å². The number of hydrogen-bond acceptors (Lipinski definition) is 4. The molecule has 0 fully saturated rings. The molecule has 0 unspecified atom stereocenters. The molecule has 3 rings (SSSR count). The molecular weight excluding hydrogens is 382 g/mol. The highest BCUT2D eigenvalue weighted by Crippen LogP contribution is 2.26. The van der Waals surface area contributed by atoms with Crippen molar-refractivity contribution in [2.24, 2.45) is 7.05 Å². The van der Waals surface area contributed by atoms with Gasteiger partial charge < -0.3 is 5.32 Å². The Balaban J connectivity index is 1.80. The number of hydrogen-bond donors (Lipinski definition) is 1. The number of amides is 1. The van der Waals surface area contributed by atoms with Crippen LogP contribution in [0, 0.1) is 13.8 Å². The number of aryl methyl sites for hydroxylation is 2. The molecule has 128 valence electrons. The topological polar surface area (TPSA) is 72.7 Å². The third-order valence-electron chi connectivity index (χ3n) is 4.08. The highest BCUT2D eigenvalue weighted by atomic mass is 79.9. The van der Waals surface area contributed by atoms with Gasteiger partial charge in [-0.15, -0.1) is 0 Å². The molecule has 0 aromatic carbocycles. The van der Waals surface area contributed by atoms with Crippen LogP contribution in [-0.2, 0) is 13.6 Å². The van der Waals surface area contributed by atoms with E-state index in [0.717, 1.165) is 32.6 Å². The zero-order valence-corrected chi connectivity index (χ0v) is 15.8. The van der Waals surface area contributed by atoms with E-state index in [4.69, 9.17) is 0 Å². The van der Waals surface area contributed by atoms with Crippen LogP contribution in [0.15, 0.2) is 41.3 Å². The molecule has 1 N–H and O–H groups in total. The van der Waals surface area contributed by atoms with Gasteiger partial charge in [0.2, 0.25) is 0 Å². The molecule has 3 aromatic heterocycles. The van der Waals surface area contributed by atoms with Gasteiger partial charge in [-0.05, 0) is 59.1 Å². The van der Waals surface area contributed by atoms with Gasteiger partial charge in [0.25, 0.3) is 5.91 Å². The summed E-state index contributed by atoms with van der Waals surface area (Å²) in [4.78, 5) is 20.9. The molecule has 0 atom stereocenters. The van der Waals surface area contributed by atoms with E-state index < -0.39 is 0 Å². The molecule has 0 spiro atoms. The molecule has 3 heterocycles. The summed E-state index contributed by atoms with van der Waals surface area (Å²) < 4.78 is 2.72. The summed E-state index contributed by atoms with van der Waals surface area (Å²) in [5, 5.41) is 7.13. The first-order valence-electron chi connectivity index (χ1n) is 7.80. The fourth-order valence-corrected chi connectivity index (χ4v) is 2.71. The van der Waals surface area contributed by atoms with Gasteiger partial charge in [-0.3, -0.25) is 19.4 Å². The Morgan fingerprint density at radius 2 is 1.96 bits per heavy atom. The van der Waals surface area contributed by atoms with E-state index in [-0.39, 0.29) is 5.91 Å². The van der Waals surface area contributed by atoms with Gasteiger partial charge in [-0.25, -0.2) is 0 Å². The second-order valence-corrected chi connectivity index (χ2v) is 6.72. The molecule has 6 nitrogen and oxygen atoms in total. The Labute approximate surface area is 154 Å². The second kappa shape index (κ2) is 7.14. The van der Waals surface area contributed by atoms with Crippen LogP contribution >= 0.6 is 15.9 Å². The first-order chi connectivity index (χ1) is 12.0. The minimum atomic E-state index is -0.229. The van der Waals surface area contributed by atoms with Crippen LogP contribution < -0.4 is 5.32 Å². The lowest BCUT2D eigenvalue weighted by atomic mass is 10.0. The van der Waals surface area contributed by atoms with Crippen molar-refractivity contribution in [3.05, 3.63) is 63.9 Å². The van der Waals surface area contributed by atoms with Crippen LogP contribution in [0.2, 0.25) is 0 Å². The summed E-state index contributed by atoms with van der Waals surface area (Å²) in [6.07, 6.45) is 5.23. The first-order valence-corrected chi connectivity index (χ1v) is 8.59. The van der Waals surface area contributed by atoms with E-state index >= 15 is 0 Å². The highest BCUT2D eigenvalue weighted by molar-refractivity contribution is 9.10. The molecule has 25 heavy (non-hydrogen) atoms. The maximum Gasteiger partial charge on any atom is 0.270 e. The monoisotopic (exact) mass is 399 g/mol. The Kier molecular flexibility index (Phi) is 4.94. The van der Waals surface area contributed by atoms with E-state index in [1.165, 1.54) is 0 Å². The minimum absolute atomic E-state index is 0.229. The number of nitrogens with zero attached hydrogens (tertiary/aromatic N) is 4. The molecule has 0 saturated heterocycles. The quantitative estimate of drug-likeness (QED) is 0.730. The minimum Gasteiger partial charge on any atom is -0.345 e. The zero-order valence-electron chi connectivity index (χ0n) is 14.2. The third kappa shape index (κ3) is 3.76. The van der Waals surface area contributed by atoms with Gasteiger partial charge >= 0.3 is 0 Å². The molecule has 0 aliphatic heterocycles. The van der Waals surface area contributed by atoms with Crippen molar-refractivity contribution in [2.75, 3.05) is 0 Å². The number of nitrogens with one attached hydrogen (secondary N) is 1.